The van der Waals surface area contributed by atoms with Gasteiger partial charge < -0.3 is 9.64 Å². The lowest BCUT2D eigenvalue weighted by molar-refractivity contribution is 0.110. The average Bonchev–Trinajstić information content (AvgIpc) is 3.31. The molecule has 3 aromatic rings. The van der Waals surface area contributed by atoms with Crippen molar-refractivity contribution in [2.75, 3.05) is 18.1 Å². The third kappa shape index (κ3) is 3.30. The topological polar surface area (TPSA) is 67.0 Å². The Morgan fingerprint density at radius 1 is 1.23 bits per heavy atom. The molecule has 0 N–H and O–H groups in total. The van der Waals surface area contributed by atoms with Gasteiger partial charge in [-0.25, -0.2) is 4.68 Å². The van der Waals surface area contributed by atoms with Gasteiger partial charge in [0.05, 0.1) is 31.0 Å². The Hall–Kier alpha value is -3.17. The van der Waals surface area contributed by atoms with Crippen LogP contribution in [0.15, 0.2) is 54.7 Å². The summed E-state index contributed by atoms with van der Waals surface area (Å²) in [6, 6.07) is 18.1. The van der Waals surface area contributed by atoms with Crippen molar-refractivity contribution < 1.29 is 4.74 Å². The Bertz CT molecular complexity index is 959. The predicted molar refractivity (Wildman–Crippen MR) is 97.5 cm³/mol. The quantitative estimate of drug-likeness (QED) is 0.727. The number of nitrogens with zero attached hydrogens (tertiary/aromatic N) is 5. The van der Waals surface area contributed by atoms with E-state index in [1.54, 1.807) is 10.7 Å². The SMILES string of the molecule is Cc1cccc(N2CCO[C@@H]2c2cn(Cc3cccc(C#N)c3)nn2)c1. The van der Waals surface area contributed by atoms with Gasteiger partial charge in [0.1, 0.15) is 5.69 Å². The van der Waals surface area contributed by atoms with Crippen molar-refractivity contribution >= 4 is 5.69 Å². The van der Waals surface area contributed by atoms with Crippen LogP contribution in [-0.2, 0) is 11.3 Å². The first-order valence-corrected chi connectivity index (χ1v) is 8.57. The van der Waals surface area contributed by atoms with Crippen LogP contribution in [0.4, 0.5) is 5.69 Å². The van der Waals surface area contributed by atoms with Crippen molar-refractivity contribution in [1.82, 2.24) is 15.0 Å². The molecular formula is C20H19N5O. The number of anilines is 1. The van der Waals surface area contributed by atoms with Crippen LogP contribution in [0.1, 0.15) is 28.6 Å². The van der Waals surface area contributed by atoms with E-state index in [0.29, 0.717) is 18.7 Å². The fraction of sp³-hybridized carbons (Fsp3) is 0.250. The zero-order valence-corrected chi connectivity index (χ0v) is 14.5. The summed E-state index contributed by atoms with van der Waals surface area (Å²) in [5.74, 6) is 0. The highest BCUT2D eigenvalue weighted by Gasteiger charge is 2.29. The summed E-state index contributed by atoms with van der Waals surface area (Å²) in [5.41, 5.74) is 4.80. The molecule has 1 fully saturated rings. The fourth-order valence-corrected chi connectivity index (χ4v) is 3.22. The second-order valence-corrected chi connectivity index (χ2v) is 6.41. The molecule has 0 saturated carbocycles. The maximum Gasteiger partial charge on any atom is 0.177 e. The van der Waals surface area contributed by atoms with Crippen molar-refractivity contribution in [2.24, 2.45) is 0 Å². The summed E-state index contributed by atoms with van der Waals surface area (Å²) in [6.07, 6.45) is 1.69. The van der Waals surface area contributed by atoms with E-state index >= 15 is 0 Å². The first-order chi connectivity index (χ1) is 12.7. The largest absolute Gasteiger partial charge is 0.350 e. The Labute approximate surface area is 152 Å². The lowest BCUT2D eigenvalue weighted by Crippen LogP contribution is -2.23. The summed E-state index contributed by atoms with van der Waals surface area (Å²) in [7, 11) is 0. The maximum atomic E-state index is 9.03. The molecule has 1 atom stereocenters. The molecule has 0 bridgehead atoms. The molecule has 4 rings (SSSR count). The number of nitriles is 1. The standard InChI is InChI=1S/C20H19N5O/c1-15-4-2-7-18(10-15)25-8-9-26-20(25)19-14-24(23-22-19)13-17-6-3-5-16(11-17)12-21/h2-7,10-11,14,20H,8-9,13H2,1H3/t20-/m1/s1. The van der Waals surface area contributed by atoms with E-state index in [1.807, 2.05) is 24.4 Å². The molecule has 0 aliphatic carbocycles. The summed E-state index contributed by atoms with van der Waals surface area (Å²) in [5, 5.41) is 17.6. The monoisotopic (exact) mass is 345 g/mol. The van der Waals surface area contributed by atoms with Crippen LogP contribution in [0.2, 0.25) is 0 Å². The van der Waals surface area contributed by atoms with Gasteiger partial charge in [-0.05, 0) is 42.3 Å². The second kappa shape index (κ2) is 6.98. The highest BCUT2D eigenvalue weighted by molar-refractivity contribution is 5.50. The number of aryl methyl sites for hydroxylation is 1. The van der Waals surface area contributed by atoms with Crippen LogP contribution in [0.5, 0.6) is 0 Å². The number of ether oxygens (including phenoxy) is 1. The highest BCUT2D eigenvalue weighted by atomic mass is 16.5. The number of hydrogen-bond donors (Lipinski definition) is 0. The first kappa shape index (κ1) is 16.3. The van der Waals surface area contributed by atoms with Gasteiger partial charge >= 0.3 is 0 Å². The average molecular weight is 345 g/mol. The van der Waals surface area contributed by atoms with Crippen LogP contribution in [-0.4, -0.2) is 28.1 Å². The molecule has 1 aliphatic heterocycles. The number of aromatic nitrogens is 3. The van der Waals surface area contributed by atoms with Gasteiger partial charge in [-0.2, -0.15) is 5.26 Å². The highest BCUT2D eigenvalue weighted by Crippen LogP contribution is 2.31. The van der Waals surface area contributed by atoms with Gasteiger partial charge in [-0.15, -0.1) is 5.10 Å². The molecule has 0 radical (unpaired) electrons. The minimum Gasteiger partial charge on any atom is -0.350 e. The van der Waals surface area contributed by atoms with Crippen molar-refractivity contribution in [3.8, 4) is 6.07 Å². The number of rotatable bonds is 4. The molecule has 6 nitrogen and oxygen atoms in total. The minimum absolute atomic E-state index is 0.226. The van der Waals surface area contributed by atoms with E-state index in [9.17, 15) is 0 Å². The lowest BCUT2D eigenvalue weighted by atomic mass is 10.1. The van der Waals surface area contributed by atoms with Crippen LogP contribution in [0, 0.1) is 18.3 Å². The summed E-state index contributed by atoms with van der Waals surface area (Å²) < 4.78 is 7.69. The Balaban J connectivity index is 1.54. The summed E-state index contributed by atoms with van der Waals surface area (Å²) in [6.45, 7) is 4.14. The van der Waals surface area contributed by atoms with Gasteiger partial charge in [0, 0.05) is 12.2 Å². The molecule has 6 heteroatoms. The Morgan fingerprint density at radius 2 is 2.12 bits per heavy atom. The zero-order chi connectivity index (χ0) is 17.9. The molecule has 0 amide bonds. The zero-order valence-electron chi connectivity index (χ0n) is 14.5. The Kier molecular flexibility index (Phi) is 4.38. The molecule has 1 aliphatic rings. The first-order valence-electron chi connectivity index (χ1n) is 8.57. The molecule has 1 saturated heterocycles. The van der Waals surface area contributed by atoms with Crippen molar-refractivity contribution in [1.29, 1.82) is 5.26 Å². The smallest absolute Gasteiger partial charge is 0.177 e. The van der Waals surface area contributed by atoms with E-state index in [-0.39, 0.29) is 6.23 Å². The van der Waals surface area contributed by atoms with Gasteiger partial charge in [-0.1, -0.05) is 29.5 Å². The van der Waals surface area contributed by atoms with E-state index in [0.717, 1.165) is 23.5 Å². The molecule has 1 aromatic heterocycles. The molecule has 0 spiro atoms. The van der Waals surface area contributed by atoms with Gasteiger partial charge in [0.15, 0.2) is 6.23 Å². The van der Waals surface area contributed by atoms with Crippen molar-refractivity contribution in [3.05, 3.63) is 77.1 Å². The van der Waals surface area contributed by atoms with Crippen LogP contribution in [0.25, 0.3) is 0 Å². The van der Waals surface area contributed by atoms with Crippen LogP contribution in [0.3, 0.4) is 0 Å². The summed E-state index contributed by atoms with van der Waals surface area (Å²) in [4.78, 5) is 2.21. The van der Waals surface area contributed by atoms with Crippen molar-refractivity contribution in [3.63, 3.8) is 0 Å². The minimum atomic E-state index is -0.226. The van der Waals surface area contributed by atoms with Crippen molar-refractivity contribution in [2.45, 2.75) is 19.7 Å². The lowest BCUT2D eigenvalue weighted by Gasteiger charge is -2.23. The molecule has 2 heterocycles. The Morgan fingerprint density at radius 3 is 2.96 bits per heavy atom. The fourth-order valence-electron chi connectivity index (χ4n) is 3.22. The molecule has 130 valence electrons. The summed E-state index contributed by atoms with van der Waals surface area (Å²) >= 11 is 0. The van der Waals surface area contributed by atoms with Crippen LogP contribution >= 0.6 is 0 Å². The molecule has 26 heavy (non-hydrogen) atoms. The van der Waals surface area contributed by atoms with Gasteiger partial charge in [-0.3, -0.25) is 0 Å². The maximum absolute atomic E-state index is 9.03. The molecular weight excluding hydrogens is 326 g/mol. The van der Waals surface area contributed by atoms with E-state index < -0.39 is 0 Å². The molecule has 2 aromatic carbocycles. The molecule has 0 unspecified atom stereocenters. The van der Waals surface area contributed by atoms with E-state index in [1.165, 1.54) is 5.56 Å². The number of benzene rings is 2. The van der Waals surface area contributed by atoms with E-state index in [2.05, 4.69) is 52.5 Å². The van der Waals surface area contributed by atoms with E-state index in [4.69, 9.17) is 10.00 Å². The van der Waals surface area contributed by atoms with Crippen LogP contribution < -0.4 is 4.90 Å². The number of hydrogen-bond acceptors (Lipinski definition) is 5. The predicted octanol–water partition coefficient (Wildman–Crippen LogP) is 3.04. The second-order valence-electron chi connectivity index (χ2n) is 6.41. The third-order valence-electron chi connectivity index (χ3n) is 4.43. The van der Waals surface area contributed by atoms with Gasteiger partial charge in [0.25, 0.3) is 0 Å². The normalized spacial score (nSPS) is 16.6. The van der Waals surface area contributed by atoms with Gasteiger partial charge in [0.2, 0.25) is 0 Å². The third-order valence-corrected chi connectivity index (χ3v) is 4.43.